The Morgan fingerprint density at radius 2 is 2.17 bits per heavy atom. The first-order valence-corrected chi connectivity index (χ1v) is 7.58. The van der Waals surface area contributed by atoms with E-state index in [1.165, 1.54) is 18.4 Å². The van der Waals surface area contributed by atoms with Gasteiger partial charge in [-0.2, -0.15) is 0 Å². The molecule has 0 unspecified atom stereocenters. The summed E-state index contributed by atoms with van der Waals surface area (Å²) >= 11 is 3.66. The second-order valence-corrected chi connectivity index (χ2v) is 5.80. The van der Waals surface area contributed by atoms with Crippen molar-refractivity contribution in [3.8, 4) is 0 Å². The summed E-state index contributed by atoms with van der Waals surface area (Å²) in [4.78, 5) is 6.92. The van der Waals surface area contributed by atoms with Crippen molar-refractivity contribution < 1.29 is 0 Å². The Morgan fingerprint density at radius 3 is 2.83 bits per heavy atom. The lowest BCUT2D eigenvalue weighted by Gasteiger charge is -2.33. The fraction of sp³-hybridized carbons (Fsp3) is 0.643. The number of aromatic nitrogens is 1. The highest BCUT2D eigenvalue weighted by molar-refractivity contribution is 9.10. The predicted octanol–water partition coefficient (Wildman–Crippen LogP) is 2.98. The van der Waals surface area contributed by atoms with Crippen LogP contribution in [0.4, 0.5) is 5.82 Å². The summed E-state index contributed by atoms with van der Waals surface area (Å²) in [6, 6.07) is 2.05. The molecule has 1 aliphatic rings. The summed E-state index contributed by atoms with van der Waals surface area (Å²) in [6.07, 6.45) is 4.42. The monoisotopic (exact) mass is 311 g/mol. The SMILES string of the molecule is CCNCC1CCN(c2nccc(C)c2Br)CC1. The normalized spacial score (nSPS) is 17.2. The molecule has 0 aliphatic carbocycles. The van der Waals surface area contributed by atoms with Gasteiger partial charge in [0, 0.05) is 19.3 Å². The molecule has 0 spiro atoms. The zero-order chi connectivity index (χ0) is 13.0. The lowest BCUT2D eigenvalue weighted by Crippen LogP contribution is -2.37. The van der Waals surface area contributed by atoms with E-state index in [-0.39, 0.29) is 0 Å². The Hall–Kier alpha value is -0.610. The van der Waals surface area contributed by atoms with E-state index < -0.39 is 0 Å². The third-order valence-electron chi connectivity index (χ3n) is 3.66. The molecule has 0 atom stereocenters. The predicted molar refractivity (Wildman–Crippen MR) is 80.2 cm³/mol. The number of rotatable bonds is 4. The molecule has 1 fully saturated rings. The van der Waals surface area contributed by atoms with Crippen LogP contribution < -0.4 is 10.2 Å². The number of hydrogen-bond donors (Lipinski definition) is 1. The number of anilines is 1. The number of aryl methyl sites for hydroxylation is 1. The Morgan fingerprint density at radius 1 is 1.44 bits per heavy atom. The molecule has 1 saturated heterocycles. The standard InChI is InChI=1S/C14H22BrN3/c1-3-16-10-12-5-8-18(9-6-12)14-13(15)11(2)4-7-17-14/h4,7,12,16H,3,5-6,8-10H2,1-2H3. The Balaban J connectivity index is 1.95. The molecule has 1 aliphatic heterocycles. The highest BCUT2D eigenvalue weighted by Gasteiger charge is 2.21. The van der Waals surface area contributed by atoms with Crippen molar-refractivity contribution in [3.05, 3.63) is 22.3 Å². The van der Waals surface area contributed by atoms with Crippen LogP contribution in [0.1, 0.15) is 25.3 Å². The maximum atomic E-state index is 4.51. The minimum Gasteiger partial charge on any atom is -0.356 e. The van der Waals surface area contributed by atoms with Crippen LogP contribution in [0.25, 0.3) is 0 Å². The van der Waals surface area contributed by atoms with Gasteiger partial charge >= 0.3 is 0 Å². The molecule has 1 aromatic rings. The van der Waals surface area contributed by atoms with Crippen molar-refractivity contribution in [1.29, 1.82) is 0 Å². The van der Waals surface area contributed by atoms with E-state index in [2.05, 4.69) is 45.0 Å². The Labute approximate surface area is 118 Å². The molecule has 4 heteroatoms. The van der Waals surface area contributed by atoms with E-state index in [4.69, 9.17) is 0 Å². The zero-order valence-electron chi connectivity index (χ0n) is 11.2. The van der Waals surface area contributed by atoms with Gasteiger partial charge in [0.05, 0.1) is 4.47 Å². The zero-order valence-corrected chi connectivity index (χ0v) is 12.8. The maximum Gasteiger partial charge on any atom is 0.143 e. The molecule has 2 rings (SSSR count). The van der Waals surface area contributed by atoms with E-state index in [1.807, 2.05) is 12.3 Å². The summed E-state index contributed by atoms with van der Waals surface area (Å²) < 4.78 is 1.15. The molecule has 18 heavy (non-hydrogen) atoms. The topological polar surface area (TPSA) is 28.2 Å². The van der Waals surface area contributed by atoms with Gasteiger partial charge < -0.3 is 10.2 Å². The molecule has 1 N–H and O–H groups in total. The second kappa shape index (κ2) is 6.53. The van der Waals surface area contributed by atoms with Crippen LogP contribution in [0.5, 0.6) is 0 Å². The van der Waals surface area contributed by atoms with Crippen molar-refractivity contribution >= 4 is 21.7 Å². The summed E-state index contributed by atoms with van der Waals surface area (Å²) in [5.41, 5.74) is 1.26. The van der Waals surface area contributed by atoms with Crippen LogP contribution in [0.15, 0.2) is 16.7 Å². The number of nitrogens with zero attached hydrogens (tertiary/aromatic N) is 2. The van der Waals surface area contributed by atoms with Gasteiger partial charge in [-0.25, -0.2) is 4.98 Å². The number of nitrogens with one attached hydrogen (secondary N) is 1. The maximum absolute atomic E-state index is 4.51. The van der Waals surface area contributed by atoms with E-state index >= 15 is 0 Å². The van der Waals surface area contributed by atoms with E-state index in [0.29, 0.717) is 0 Å². The number of piperidine rings is 1. The van der Waals surface area contributed by atoms with Gasteiger partial charge in [-0.15, -0.1) is 0 Å². The third kappa shape index (κ3) is 3.23. The van der Waals surface area contributed by atoms with Crippen LogP contribution in [-0.2, 0) is 0 Å². The van der Waals surface area contributed by atoms with Crippen molar-refractivity contribution in [2.75, 3.05) is 31.1 Å². The summed E-state index contributed by atoms with van der Waals surface area (Å²) in [6.45, 7) is 8.75. The molecular weight excluding hydrogens is 290 g/mol. The minimum absolute atomic E-state index is 0.824. The van der Waals surface area contributed by atoms with E-state index in [9.17, 15) is 0 Å². The van der Waals surface area contributed by atoms with Crippen LogP contribution in [-0.4, -0.2) is 31.2 Å². The van der Waals surface area contributed by atoms with Gasteiger partial charge in [-0.3, -0.25) is 0 Å². The number of hydrogen-bond acceptors (Lipinski definition) is 3. The average Bonchev–Trinajstić information content (AvgIpc) is 2.40. The van der Waals surface area contributed by atoms with Gasteiger partial charge in [0.15, 0.2) is 0 Å². The van der Waals surface area contributed by atoms with Crippen molar-refractivity contribution in [2.24, 2.45) is 5.92 Å². The highest BCUT2D eigenvalue weighted by Crippen LogP contribution is 2.29. The molecule has 100 valence electrons. The second-order valence-electron chi connectivity index (χ2n) is 5.00. The molecule has 0 saturated carbocycles. The molecular formula is C14H22BrN3. The fourth-order valence-corrected chi connectivity index (χ4v) is 2.93. The Bertz CT molecular complexity index is 387. The number of pyridine rings is 1. The minimum atomic E-state index is 0.824. The Kier molecular flexibility index (Phi) is 5.01. The average molecular weight is 312 g/mol. The fourth-order valence-electron chi connectivity index (χ4n) is 2.44. The van der Waals surface area contributed by atoms with Crippen molar-refractivity contribution in [1.82, 2.24) is 10.3 Å². The van der Waals surface area contributed by atoms with Crippen molar-refractivity contribution in [2.45, 2.75) is 26.7 Å². The van der Waals surface area contributed by atoms with Crippen LogP contribution in [0.2, 0.25) is 0 Å². The van der Waals surface area contributed by atoms with Crippen LogP contribution in [0.3, 0.4) is 0 Å². The molecule has 0 aromatic carbocycles. The smallest absolute Gasteiger partial charge is 0.143 e. The van der Waals surface area contributed by atoms with Gasteiger partial charge in [0.1, 0.15) is 5.82 Å². The molecule has 0 amide bonds. The van der Waals surface area contributed by atoms with Gasteiger partial charge in [-0.1, -0.05) is 6.92 Å². The first kappa shape index (κ1) is 13.8. The van der Waals surface area contributed by atoms with Gasteiger partial charge in [-0.05, 0) is 66.3 Å². The lowest BCUT2D eigenvalue weighted by atomic mass is 9.97. The van der Waals surface area contributed by atoms with Gasteiger partial charge in [0.25, 0.3) is 0 Å². The molecule has 1 aromatic heterocycles. The van der Waals surface area contributed by atoms with Gasteiger partial charge in [0.2, 0.25) is 0 Å². The summed E-state index contributed by atoms with van der Waals surface area (Å²) in [5, 5.41) is 3.45. The van der Waals surface area contributed by atoms with Crippen LogP contribution >= 0.6 is 15.9 Å². The number of halogens is 1. The molecule has 3 nitrogen and oxygen atoms in total. The molecule has 2 heterocycles. The summed E-state index contributed by atoms with van der Waals surface area (Å²) in [7, 11) is 0. The first-order valence-electron chi connectivity index (χ1n) is 6.79. The van der Waals surface area contributed by atoms with Crippen LogP contribution in [0, 0.1) is 12.8 Å². The molecule has 0 bridgehead atoms. The highest BCUT2D eigenvalue weighted by atomic mass is 79.9. The molecule has 0 radical (unpaired) electrons. The summed E-state index contributed by atoms with van der Waals surface area (Å²) in [5.74, 6) is 1.93. The largest absolute Gasteiger partial charge is 0.356 e. The quantitative estimate of drug-likeness (QED) is 0.926. The van der Waals surface area contributed by atoms with Crippen molar-refractivity contribution in [3.63, 3.8) is 0 Å². The third-order valence-corrected chi connectivity index (χ3v) is 4.64. The lowest BCUT2D eigenvalue weighted by molar-refractivity contribution is 0.385. The van der Waals surface area contributed by atoms with E-state index in [0.717, 1.165) is 42.4 Å². The van der Waals surface area contributed by atoms with E-state index in [1.54, 1.807) is 0 Å². The first-order chi connectivity index (χ1) is 8.72.